The van der Waals surface area contributed by atoms with Crippen molar-refractivity contribution in [2.45, 2.75) is 76.7 Å². The lowest BCUT2D eigenvalue weighted by Gasteiger charge is -2.32. The van der Waals surface area contributed by atoms with Crippen molar-refractivity contribution in [2.24, 2.45) is 11.5 Å². The third-order valence-electron chi connectivity index (χ3n) is 9.29. The SMILES string of the molecule is Cc1ccc2c(c1)CNC(=O)[C@H](Cc1c[nH]c3ccccc13)N(C)C(=O)[C@H](CCCCN)NC(=O)[C@H](CCCN)NCc1cccc-2c1. The molecule has 4 aromatic rings. The standard InChI is InChI=1S/C38H49N7O3/c1-25-15-16-30-27-10-7-9-26(20-27)22-41-33(14-8-18-40)36(46)44-34(13-5-6-17-39)38(48)45(2)35(37(47)43-24-28(30)19-25)21-29-23-42-32-12-4-3-11-31(29)32/h3-4,7,9-12,15-16,19-20,23,33-35,41-42H,5-6,8,13-14,17-18,21-22,24,39-40H2,1-2H3,(H,43,47)(H,44,46)/t33-,34-,35-/m0/s1. The number of carbonyl (C=O) groups excluding carboxylic acids is 3. The molecule has 0 saturated carbocycles. The van der Waals surface area contributed by atoms with Crippen molar-refractivity contribution in [3.8, 4) is 11.1 Å². The molecule has 0 unspecified atom stereocenters. The smallest absolute Gasteiger partial charge is 0.245 e. The largest absolute Gasteiger partial charge is 0.361 e. The van der Waals surface area contributed by atoms with Gasteiger partial charge in [0.25, 0.3) is 0 Å². The summed E-state index contributed by atoms with van der Waals surface area (Å²) < 4.78 is 0. The summed E-state index contributed by atoms with van der Waals surface area (Å²) in [6.45, 7) is 3.73. The molecule has 0 aliphatic carbocycles. The number of carbonyl (C=O) groups is 3. The molecule has 48 heavy (non-hydrogen) atoms. The number of hydrogen-bond acceptors (Lipinski definition) is 6. The Balaban J connectivity index is 1.56. The molecule has 1 aliphatic heterocycles. The van der Waals surface area contributed by atoms with E-state index in [1.165, 1.54) is 4.90 Å². The predicted octanol–water partition coefficient (Wildman–Crippen LogP) is 3.65. The number of rotatable bonds is 9. The average Bonchev–Trinajstić information content (AvgIpc) is 3.51. The molecule has 3 aromatic carbocycles. The molecular weight excluding hydrogens is 602 g/mol. The Kier molecular flexibility index (Phi) is 12.0. The van der Waals surface area contributed by atoms with Gasteiger partial charge < -0.3 is 37.3 Å². The van der Waals surface area contributed by atoms with Crippen LogP contribution in [0.2, 0.25) is 0 Å². The van der Waals surface area contributed by atoms with Gasteiger partial charge in [0.2, 0.25) is 17.7 Å². The van der Waals surface area contributed by atoms with Gasteiger partial charge in [-0.15, -0.1) is 0 Å². The van der Waals surface area contributed by atoms with Crippen LogP contribution in [-0.4, -0.2) is 65.9 Å². The number of nitrogens with two attached hydrogens (primary N) is 2. The van der Waals surface area contributed by atoms with Gasteiger partial charge in [-0.3, -0.25) is 14.4 Å². The molecule has 0 radical (unpaired) electrons. The second kappa shape index (κ2) is 16.5. The molecule has 5 rings (SSSR count). The Morgan fingerprint density at radius 2 is 1.62 bits per heavy atom. The summed E-state index contributed by atoms with van der Waals surface area (Å²) in [5.74, 6) is -0.844. The Morgan fingerprint density at radius 1 is 0.833 bits per heavy atom. The van der Waals surface area contributed by atoms with Crippen LogP contribution in [-0.2, 0) is 33.9 Å². The summed E-state index contributed by atoms with van der Waals surface area (Å²) >= 11 is 0. The number of H-pyrrole nitrogens is 1. The van der Waals surface area contributed by atoms with E-state index in [4.69, 9.17) is 11.5 Å². The minimum atomic E-state index is -0.830. The van der Waals surface area contributed by atoms with E-state index < -0.39 is 18.1 Å². The number of benzene rings is 3. The van der Waals surface area contributed by atoms with Gasteiger partial charge in [0.1, 0.15) is 12.1 Å². The highest BCUT2D eigenvalue weighted by atomic mass is 16.2. The molecule has 10 nitrogen and oxygen atoms in total. The Bertz CT molecular complexity index is 1720. The van der Waals surface area contributed by atoms with E-state index in [9.17, 15) is 14.4 Å². The summed E-state index contributed by atoms with van der Waals surface area (Å²) in [6, 6.07) is 20.2. The topological polar surface area (TPSA) is 158 Å². The summed E-state index contributed by atoms with van der Waals surface area (Å²) in [5.41, 5.74) is 18.7. The van der Waals surface area contributed by atoms with E-state index in [0.717, 1.165) is 44.3 Å². The van der Waals surface area contributed by atoms with Crippen LogP contribution < -0.4 is 27.4 Å². The molecule has 3 amide bonds. The number of likely N-dealkylation sites (N-methyl/N-ethyl adjacent to an activating group) is 1. The first kappa shape index (κ1) is 34.8. The molecule has 10 heteroatoms. The van der Waals surface area contributed by atoms with Crippen LogP contribution in [0.5, 0.6) is 0 Å². The van der Waals surface area contributed by atoms with E-state index in [1.54, 1.807) is 7.05 Å². The number of fused-ring (bicyclic) bond motifs is 5. The van der Waals surface area contributed by atoms with Crippen LogP contribution in [0.3, 0.4) is 0 Å². The first-order valence-corrected chi connectivity index (χ1v) is 17.0. The highest BCUT2D eigenvalue weighted by Gasteiger charge is 2.34. The molecule has 1 aliphatic rings. The second-order valence-corrected chi connectivity index (χ2v) is 12.8. The number of nitrogens with one attached hydrogen (secondary N) is 4. The lowest BCUT2D eigenvalue weighted by Crippen LogP contribution is -2.57. The van der Waals surface area contributed by atoms with Gasteiger partial charge in [0.05, 0.1) is 6.04 Å². The summed E-state index contributed by atoms with van der Waals surface area (Å²) in [7, 11) is 1.66. The molecule has 0 spiro atoms. The maximum Gasteiger partial charge on any atom is 0.245 e. The maximum atomic E-state index is 14.3. The van der Waals surface area contributed by atoms with E-state index in [2.05, 4.69) is 51.3 Å². The molecule has 3 atom stereocenters. The van der Waals surface area contributed by atoms with Crippen molar-refractivity contribution in [3.05, 3.63) is 95.2 Å². The number of aromatic nitrogens is 1. The zero-order valence-electron chi connectivity index (χ0n) is 28.1. The molecule has 2 heterocycles. The Hall–Kier alpha value is -4.51. The van der Waals surface area contributed by atoms with Gasteiger partial charge >= 0.3 is 0 Å². The van der Waals surface area contributed by atoms with Crippen molar-refractivity contribution in [1.82, 2.24) is 25.8 Å². The first-order chi connectivity index (χ1) is 23.3. The third-order valence-corrected chi connectivity index (χ3v) is 9.29. The molecule has 0 fully saturated rings. The van der Waals surface area contributed by atoms with Crippen LogP contribution >= 0.6 is 0 Å². The maximum absolute atomic E-state index is 14.3. The van der Waals surface area contributed by atoms with Gasteiger partial charge in [-0.1, -0.05) is 60.2 Å². The number of para-hydroxylation sites is 1. The monoisotopic (exact) mass is 651 g/mol. The fourth-order valence-corrected chi connectivity index (χ4v) is 6.52. The molecule has 8 N–H and O–H groups in total. The fraction of sp³-hybridized carbons (Fsp3) is 0.395. The molecule has 2 bridgehead atoms. The lowest BCUT2D eigenvalue weighted by atomic mass is 9.96. The van der Waals surface area contributed by atoms with Crippen LogP contribution in [0.25, 0.3) is 22.0 Å². The van der Waals surface area contributed by atoms with E-state index in [0.29, 0.717) is 64.7 Å². The first-order valence-electron chi connectivity index (χ1n) is 17.0. The predicted molar refractivity (Wildman–Crippen MR) is 191 cm³/mol. The molecule has 1 aromatic heterocycles. The van der Waals surface area contributed by atoms with Crippen molar-refractivity contribution in [3.63, 3.8) is 0 Å². The Labute approximate surface area is 283 Å². The van der Waals surface area contributed by atoms with Gasteiger partial charge in [-0.2, -0.15) is 0 Å². The van der Waals surface area contributed by atoms with Crippen LogP contribution in [0.15, 0.2) is 72.9 Å². The summed E-state index contributed by atoms with van der Waals surface area (Å²) in [4.78, 5) is 47.2. The van der Waals surface area contributed by atoms with Gasteiger partial charge in [-0.05, 0) is 92.1 Å². The van der Waals surface area contributed by atoms with Crippen molar-refractivity contribution < 1.29 is 14.4 Å². The number of unbranched alkanes of at least 4 members (excludes halogenated alkanes) is 1. The molecular formula is C38H49N7O3. The van der Waals surface area contributed by atoms with E-state index in [1.807, 2.05) is 49.5 Å². The zero-order valence-corrected chi connectivity index (χ0v) is 28.1. The number of nitrogens with zero attached hydrogens (tertiary/aromatic N) is 1. The summed E-state index contributed by atoms with van der Waals surface area (Å²) in [6.07, 6.45) is 5.15. The number of amides is 3. The molecule has 254 valence electrons. The quantitative estimate of drug-likeness (QED) is 0.152. The van der Waals surface area contributed by atoms with Crippen LogP contribution in [0.1, 0.15) is 54.4 Å². The minimum absolute atomic E-state index is 0.262. The zero-order chi connectivity index (χ0) is 34.0. The van der Waals surface area contributed by atoms with Gasteiger partial charge in [0, 0.05) is 43.7 Å². The minimum Gasteiger partial charge on any atom is -0.361 e. The summed E-state index contributed by atoms with van der Waals surface area (Å²) in [5, 5.41) is 10.6. The van der Waals surface area contributed by atoms with Gasteiger partial charge in [-0.25, -0.2) is 0 Å². The highest BCUT2D eigenvalue weighted by molar-refractivity contribution is 5.94. The molecule has 0 saturated heterocycles. The normalized spacial score (nSPS) is 19.5. The van der Waals surface area contributed by atoms with Crippen molar-refractivity contribution in [2.75, 3.05) is 20.1 Å². The fourth-order valence-electron chi connectivity index (χ4n) is 6.52. The number of aromatic amines is 1. The van der Waals surface area contributed by atoms with E-state index >= 15 is 0 Å². The number of hydrogen-bond donors (Lipinski definition) is 6. The third kappa shape index (κ3) is 8.49. The van der Waals surface area contributed by atoms with E-state index in [-0.39, 0.29) is 17.7 Å². The van der Waals surface area contributed by atoms with Gasteiger partial charge in [0.15, 0.2) is 0 Å². The van der Waals surface area contributed by atoms with Crippen molar-refractivity contribution >= 4 is 28.6 Å². The lowest BCUT2D eigenvalue weighted by molar-refractivity contribution is -0.142. The number of aryl methyl sites for hydroxylation is 1. The highest BCUT2D eigenvalue weighted by Crippen LogP contribution is 2.27. The average molecular weight is 652 g/mol. The van der Waals surface area contributed by atoms with Crippen LogP contribution in [0.4, 0.5) is 0 Å². The second-order valence-electron chi connectivity index (χ2n) is 12.8. The van der Waals surface area contributed by atoms with Crippen molar-refractivity contribution in [1.29, 1.82) is 0 Å². The Morgan fingerprint density at radius 3 is 2.44 bits per heavy atom. The van der Waals surface area contributed by atoms with Crippen LogP contribution in [0, 0.1) is 6.92 Å².